The second-order valence-corrected chi connectivity index (χ2v) is 4.91. The minimum atomic E-state index is 0.825. The summed E-state index contributed by atoms with van der Waals surface area (Å²) in [6, 6.07) is 6.66. The smallest absolute Gasteiger partial charge is 0.0373 e. The molecule has 0 bridgehead atoms. The van der Waals surface area contributed by atoms with Gasteiger partial charge in [-0.1, -0.05) is 13.3 Å². The van der Waals surface area contributed by atoms with Crippen molar-refractivity contribution in [2.24, 2.45) is 5.92 Å². The summed E-state index contributed by atoms with van der Waals surface area (Å²) < 4.78 is 1.34. The van der Waals surface area contributed by atoms with E-state index in [2.05, 4.69) is 53.0 Å². The van der Waals surface area contributed by atoms with Gasteiger partial charge in [0.2, 0.25) is 0 Å². The van der Waals surface area contributed by atoms with Crippen molar-refractivity contribution >= 4 is 28.3 Å². The first-order chi connectivity index (χ1) is 6.29. The average molecular weight is 287 g/mol. The highest BCUT2D eigenvalue weighted by Crippen LogP contribution is 2.27. The Kier molecular flexibility index (Phi) is 2.77. The second kappa shape index (κ2) is 3.86. The molecule has 1 aliphatic rings. The number of hydrogen-bond acceptors (Lipinski definition) is 1. The van der Waals surface area contributed by atoms with Crippen LogP contribution in [0.15, 0.2) is 18.2 Å². The number of halogens is 1. The van der Waals surface area contributed by atoms with Gasteiger partial charge in [0.05, 0.1) is 0 Å². The first kappa shape index (κ1) is 9.31. The van der Waals surface area contributed by atoms with E-state index in [1.165, 1.54) is 27.7 Å². The van der Waals surface area contributed by atoms with Gasteiger partial charge in [-0.2, -0.15) is 0 Å². The largest absolute Gasteiger partial charge is 0.385 e. The molecule has 0 fully saturated rings. The fourth-order valence-electron chi connectivity index (χ4n) is 1.83. The number of hydrogen-bond donors (Lipinski definition) is 1. The van der Waals surface area contributed by atoms with Crippen LogP contribution in [0.3, 0.4) is 0 Å². The highest BCUT2D eigenvalue weighted by Gasteiger charge is 2.16. The van der Waals surface area contributed by atoms with E-state index in [9.17, 15) is 0 Å². The van der Waals surface area contributed by atoms with Crippen molar-refractivity contribution in [1.29, 1.82) is 0 Å². The van der Waals surface area contributed by atoms with Gasteiger partial charge in [0.1, 0.15) is 0 Å². The van der Waals surface area contributed by atoms with E-state index in [-0.39, 0.29) is 0 Å². The SMILES string of the molecule is CC[C@@H]1CNc2ccc(I)cc2C1. The van der Waals surface area contributed by atoms with Crippen LogP contribution in [0.1, 0.15) is 18.9 Å². The van der Waals surface area contributed by atoms with Crippen LogP contribution in [0.2, 0.25) is 0 Å². The van der Waals surface area contributed by atoms with E-state index in [4.69, 9.17) is 0 Å². The summed E-state index contributed by atoms with van der Waals surface area (Å²) in [5.41, 5.74) is 2.83. The molecule has 0 amide bonds. The monoisotopic (exact) mass is 287 g/mol. The molecule has 1 N–H and O–H groups in total. The van der Waals surface area contributed by atoms with Crippen molar-refractivity contribution < 1.29 is 0 Å². The zero-order valence-corrected chi connectivity index (χ0v) is 9.97. The maximum atomic E-state index is 3.49. The average Bonchev–Trinajstić information content (AvgIpc) is 2.16. The van der Waals surface area contributed by atoms with E-state index in [0.717, 1.165) is 12.5 Å². The summed E-state index contributed by atoms with van der Waals surface area (Å²) in [6.45, 7) is 3.41. The summed E-state index contributed by atoms with van der Waals surface area (Å²) in [5, 5.41) is 3.49. The van der Waals surface area contributed by atoms with Gasteiger partial charge < -0.3 is 5.32 Å². The lowest BCUT2D eigenvalue weighted by atomic mass is 9.92. The number of benzene rings is 1. The van der Waals surface area contributed by atoms with Crippen molar-refractivity contribution in [3.63, 3.8) is 0 Å². The molecule has 0 unspecified atom stereocenters. The molecule has 1 atom stereocenters. The third-order valence-electron chi connectivity index (χ3n) is 2.73. The lowest BCUT2D eigenvalue weighted by Gasteiger charge is -2.25. The molecule has 1 nitrogen and oxygen atoms in total. The van der Waals surface area contributed by atoms with Gasteiger partial charge in [0, 0.05) is 15.8 Å². The van der Waals surface area contributed by atoms with Crippen molar-refractivity contribution in [1.82, 2.24) is 0 Å². The van der Waals surface area contributed by atoms with Crippen LogP contribution in [0, 0.1) is 9.49 Å². The third-order valence-corrected chi connectivity index (χ3v) is 3.41. The van der Waals surface area contributed by atoms with Crippen LogP contribution >= 0.6 is 22.6 Å². The van der Waals surface area contributed by atoms with Gasteiger partial charge in [0.25, 0.3) is 0 Å². The summed E-state index contributed by atoms with van der Waals surface area (Å²) in [4.78, 5) is 0. The summed E-state index contributed by atoms with van der Waals surface area (Å²) in [6.07, 6.45) is 2.52. The second-order valence-electron chi connectivity index (χ2n) is 3.66. The molecular weight excluding hydrogens is 273 g/mol. The van der Waals surface area contributed by atoms with E-state index >= 15 is 0 Å². The lowest BCUT2D eigenvalue weighted by Crippen LogP contribution is -2.22. The topological polar surface area (TPSA) is 12.0 Å². The van der Waals surface area contributed by atoms with Gasteiger partial charge in [-0.25, -0.2) is 0 Å². The predicted octanol–water partition coefficient (Wildman–Crippen LogP) is 3.29. The van der Waals surface area contributed by atoms with Gasteiger partial charge in [-0.3, -0.25) is 0 Å². The van der Waals surface area contributed by atoms with Gasteiger partial charge >= 0.3 is 0 Å². The first-order valence-electron chi connectivity index (χ1n) is 4.82. The molecule has 1 aromatic carbocycles. The molecule has 0 aromatic heterocycles. The molecule has 1 heterocycles. The molecule has 0 saturated heterocycles. The number of anilines is 1. The molecule has 0 radical (unpaired) electrons. The van der Waals surface area contributed by atoms with Crippen molar-refractivity contribution in [2.75, 3.05) is 11.9 Å². The first-order valence-corrected chi connectivity index (χ1v) is 5.89. The molecule has 0 aliphatic carbocycles. The van der Waals surface area contributed by atoms with Crippen molar-refractivity contribution in [3.8, 4) is 0 Å². The fraction of sp³-hybridized carbons (Fsp3) is 0.455. The maximum Gasteiger partial charge on any atom is 0.0373 e. The summed E-state index contributed by atoms with van der Waals surface area (Å²) >= 11 is 2.38. The molecule has 1 aliphatic heterocycles. The lowest BCUT2D eigenvalue weighted by molar-refractivity contribution is 0.520. The summed E-state index contributed by atoms with van der Waals surface area (Å²) in [5.74, 6) is 0.825. The molecule has 2 rings (SSSR count). The van der Waals surface area contributed by atoms with Crippen LogP contribution in [0.5, 0.6) is 0 Å². The minimum Gasteiger partial charge on any atom is -0.385 e. The van der Waals surface area contributed by atoms with Crippen molar-refractivity contribution in [2.45, 2.75) is 19.8 Å². The van der Waals surface area contributed by atoms with E-state index in [0.29, 0.717) is 0 Å². The quantitative estimate of drug-likeness (QED) is 0.782. The Morgan fingerprint density at radius 3 is 3.15 bits per heavy atom. The Morgan fingerprint density at radius 1 is 1.54 bits per heavy atom. The fourth-order valence-corrected chi connectivity index (χ4v) is 2.39. The molecule has 0 spiro atoms. The van der Waals surface area contributed by atoms with Gasteiger partial charge in [-0.05, 0) is 58.7 Å². The Labute approximate surface area is 93.1 Å². The minimum absolute atomic E-state index is 0.825. The molecular formula is C11H14IN. The molecule has 70 valence electrons. The molecule has 0 saturated carbocycles. The molecule has 2 heteroatoms. The Morgan fingerprint density at radius 2 is 2.38 bits per heavy atom. The highest BCUT2D eigenvalue weighted by molar-refractivity contribution is 14.1. The van der Waals surface area contributed by atoms with Crippen LogP contribution in [0.25, 0.3) is 0 Å². The van der Waals surface area contributed by atoms with Crippen LogP contribution < -0.4 is 5.32 Å². The Balaban J connectivity index is 2.27. The van der Waals surface area contributed by atoms with E-state index in [1.54, 1.807) is 0 Å². The van der Waals surface area contributed by atoms with Crippen LogP contribution in [0.4, 0.5) is 5.69 Å². The Bertz CT molecular complexity index is 309. The highest BCUT2D eigenvalue weighted by atomic mass is 127. The van der Waals surface area contributed by atoms with Crippen LogP contribution in [-0.2, 0) is 6.42 Å². The van der Waals surface area contributed by atoms with Crippen molar-refractivity contribution in [3.05, 3.63) is 27.3 Å². The predicted molar refractivity (Wildman–Crippen MR) is 65.1 cm³/mol. The zero-order valence-electron chi connectivity index (χ0n) is 7.81. The van der Waals surface area contributed by atoms with Gasteiger partial charge in [-0.15, -0.1) is 0 Å². The number of nitrogens with one attached hydrogen (secondary N) is 1. The molecule has 1 aromatic rings. The molecule has 13 heavy (non-hydrogen) atoms. The standard InChI is InChI=1S/C11H14IN/c1-2-8-5-9-6-10(12)3-4-11(9)13-7-8/h3-4,6,8,13H,2,5,7H2,1H3/t8-/m0/s1. The van der Waals surface area contributed by atoms with E-state index < -0.39 is 0 Å². The Hall–Kier alpha value is -0.250. The van der Waals surface area contributed by atoms with Gasteiger partial charge in [0.15, 0.2) is 0 Å². The number of rotatable bonds is 1. The van der Waals surface area contributed by atoms with Crippen LogP contribution in [-0.4, -0.2) is 6.54 Å². The normalized spacial score (nSPS) is 20.6. The van der Waals surface area contributed by atoms with E-state index in [1.807, 2.05) is 0 Å². The number of fused-ring (bicyclic) bond motifs is 1. The summed E-state index contributed by atoms with van der Waals surface area (Å²) in [7, 11) is 0. The zero-order chi connectivity index (χ0) is 9.26. The third kappa shape index (κ3) is 1.98. The maximum absolute atomic E-state index is 3.49.